The Hall–Kier alpha value is -1.36. The molecule has 106 valence electrons. The summed E-state index contributed by atoms with van der Waals surface area (Å²) in [5.41, 5.74) is 5.87. The van der Waals surface area contributed by atoms with E-state index in [1.807, 2.05) is 27.0 Å². The van der Waals surface area contributed by atoms with Crippen molar-refractivity contribution in [2.24, 2.45) is 5.73 Å². The van der Waals surface area contributed by atoms with Crippen LogP contribution in [0.15, 0.2) is 12.4 Å². The van der Waals surface area contributed by atoms with E-state index >= 15 is 0 Å². The number of anilines is 2. The number of aromatic nitrogens is 2. The molecule has 1 fully saturated rings. The summed E-state index contributed by atoms with van der Waals surface area (Å²) in [7, 11) is 2.04. The molecule has 1 aliphatic rings. The van der Waals surface area contributed by atoms with Gasteiger partial charge >= 0.3 is 0 Å². The Labute approximate surface area is 115 Å². The van der Waals surface area contributed by atoms with Gasteiger partial charge in [-0.3, -0.25) is 0 Å². The van der Waals surface area contributed by atoms with E-state index in [-0.39, 0.29) is 5.54 Å². The summed E-state index contributed by atoms with van der Waals surface area (Å²) in [6, 6.07) is 2.61. The minimum Gasteiger partial charge on any atom is -0.367 e. The molecule has 1 aromatic rings. The lowest BCUT2D eigenvalue weighted by molar-refractivity contribution is 0.444. The van der Waals surface area contributed by atoms with E-state index in [0.29, 0.717) is 6.04 Å². The third-order valence-electron chi connectivity index (χ3n) is 3.59. The summed E-state index contributed by atoms with van der Waals surface area (Å²) in [5, 5.41) is 3.44. The maximum atomic E-state index is 6.01. The van der Waals surface area contributed by atoms with E-state index < -0.39 is 0 Å². The van der Waals surface area contributed by atoms with Crippen molar-refractivity contribution >= 4 is 11.6 Å². The molecule has 1 aromatic heterocycles. The first-order valence-corrected chi connectivity index (χ1v) is 7.03. The van der Waals surface area contributed by atoms with Gasteiger partial charge in [-0.1, -0.05) is 0 Å². The lowest BCUT2D eigenvalue weighted by Crippen LogP contribution is -2.36. The number of hydrogen-bond donors (Lipinski definition) is 2. The monoisotopic (exact) mass is 263 g/mol. The molecule has 2 rings (SSSR count). The fourth-order valence-corrected chi connectivity index (χ4v) is 1.97. The molecule has 0 radical (unpaired) electrons. The van der Waals surface area contributed by atoms with E-state index in [9.17, 15) is 0 Å². The van der Waals surface area contributed by atoms with E-state index in [1.165, 1.54) is 19.3 Å². The molecular weight excluding hydrogens is 238 g/mol. The Morgan fingerprint density at radius 2 is 2.16 bits per heavy atom. The Morgan fingerprint density at radius 3 is 2.74 bits per heavy atom. The second-order valence-corrected chi connectivity index (χ2v) is 6.19. The fraction of sp³-hybridized carbons (Fsp3) is 0.714. The molecular formula is C14H25N5. The SMILES string of the molecule is CN(CCC(C)(C)N)c1cc(NC2CCC2)ncn1. The highest BCUT2D eigenvalue weighted by atomic mass is 15.2. The van der Waals surface area contributed by atoms with Crippen LogP contribution in [-0.4, -0.2) is 35.1 Å². The highest BCUT2D eigenvalue weighted by Gasteiger charge is 2.18. The molecule has 5 nitrogen and oxygen atoms in total. The summed E-state index contributed by atoms with van der Waals surface area (Å²) in [5.74, 6) is 1.87. The van der Waals surface area contributed by atoms with Gasteiger partial charge in [0.05, 0.1) is 0 Å². The average Bonchev–Trinajstić information content (AvgIpc) is 2.30. The average molecular weight is 263 g/mol. The first-order valence-electron chi connectivity index (χ1n) is 7.03. The van der Waals surface area contributed by atoms with Crippen LogP contribution >= 0.6 is 0 Å². The Bertz CT molecular complexity index is 409. The molecule has 19 heavy (non-hydrogen) atoms. The topological polar surface area (TPSA) is 67.1 Å². The van der Waals surface area contributed by atoms with Crippen LogP contribution in [0.5, 0.6) is 0 Å². The van der Waals surface area contributed by atoms with Gasteiger partial charge in [0.25, 0.3) is 0 Å². The number of nitrogens with two attached hydrogens (primary N) is 1. The Morgan fingerprint density at radius 1 is 1.42 bits per heavy atom. The molecule has 1 aliphatic carbocycles. The van der Waals surface area contributed by atoms with Crippen molar-refractivity contribution in [1.82, 2.24) is 9.97 Å². The van der Waals surface area contributed by atoms with E-state index in [2.05, 4.69) is 20.2 Å². The largest absolute Gasteiger partial charge is 0.367 e. The van der Waals surface area contributed by atoms with Gasteiger partial charge < -0.3 is 16.0 Å². The van der Waals surface area contributed by atoms with Crippen molar-refractivity contribution in [3.05, 3.63) is 12.4 Å². The summed E-state index contributed by atoms with van der Waals surface area (Å²) >= 11 is 0. The van der Waals surface area contributed by atoms with Crippen LogP contribution in [-0.2, 0) is 0 Å². The van der Waals surface area contributed by atoms with Crippen LogP contribution < -0.4 is 16.0 Å². The molecule has 0 amide bonds. The second-order valence-electron chi connectivity index (χ2n) is 6.19. The quantitative estimate of drug-likeness (QED) is 0.821. The van der Waals surface area contributed by atoms with Gasteiger partial charge in [-0.15, -0.1) is 0 Å². The second kappa shape index (κ2) is 5.74. The van der Waals surface area contributed by atoms with Crippen molar-refractivity contribution in [2.75, 3.05) is 23.8 Å². The molecule has 3 N–H and O–H groups in total. The lowest BCUT2D eigenvalue weighted by atomic mass is 9.93. The summed E-state index contributed by atoms with van der Waals surface area (Å²) < 4.78 is 0. The van der Waals surface area contributed by atoms with Gasteiger partial charge in [-0.2, -0.15) is 0 Å². The van der Waals surface area contributed by atoms with E-state index in [0.717, 1.165) is 24.6 Å². The first kappa shape index (κ1) is 14.1. The summed E-state index contributed by atoms with van der Waals surface area (Å²) in [6.07, 6.45) is 6.37. The van der Waals surface area contributed by atoms with Gasteiger partial charge in [-0.05, 0) is 39.5 Å². The minimum atomic E-state index is -0.145. The van der Waals surface area contributed by atoms with E-state index in [1.54, 1.807) is 6.33 Å². The summed E-state index contributed by atoms with van der Waals surface area (Å²) in [4.78, 5) is 10.7. The van der Waals surface area contributed by atoms with Crippen LogP contribution in [0.4, 0.5) is 11.6 Å². The fourth-order valence-electron chi connectivity index (χ4n) is 1.97. The Balaban J connectivity index is 1.93. The molecule has 1 heterocycles. The zero-order chi connectivity index (χ0) is 13.9. The van der Waals surface area contributed by atoms with Crippen molar-refractivity contribution in [3.63, 3.8) is 0 Å². The van der Waals surface area contributed by atoms with Crippen LogP contribution in [0.3, 0.4) is 0 Å². The molecule has 0 bridgehead atoms. The smallest absolute Gasteiger partial charge is 0.133 e. The van der Waals surface area contributed by atoms with Crippen molar-refractivity contribution in [2.45, 2.75) is 51.1 Å². The van der Waals surface area contributed by atoms with Crippen LogP contribution in [0.2, 0.25) is 0 Å². The zero-order valence-corrected chi connectivity index (χ0v) is 12.2. The molecule has 0 aromatic carbocycles. The lowest BCUT2D eigenvalue weighted by Gasteiger charge is -2.28. The number of nitrogens with zero attached hydrogens (tertiary/aromatic N) is 3. The van der Waals surface area contributed by atoms with Crippen molar-refractivity contribution < 1.29 is 0 Å². The van der Waals surface area contributed by atoms with Crippen molar-refractivity contribution in [1.29, 1.82) is 0 Å². The molecule has 0 aliphatic heterocycles. The van der Waals surface area contributed by atoms with Crippen molar-refractivity contribution in [3.8, 4) is 0 Å². The third-order valence-corrected chi connectivity index (χ3v) is 3.59. The molecule has 1 saturated carbocycles. The zero-order valence-electron chi connectivity index (χ0n) is 12.2. The van der Waals surface area contributed by atoms with Crippen LogP contribution in [0.1, 0.15) is 39.5 Å². The Kier molecular flexibility index (Phi) is 4.24. The number of rotatable bonds is 6. The van der Waals surface area contributed by atoms with Crippen LogP contribution in [0, 0.1) is 0 Å². The predicted octanol–water partition coefficient (Wildman–Crippen LogP) is 2.00. The van der Waals surface area contributed by atoms with E-state index in [4.69, 9.17) is 5.73 Å². The third kappa shape index (κ3) is 4.35. The predicted molar refractivity (Wildman–Crippen MR) is 79.4 cm³/mol. The molecule has 5 heteroatoms. The standard InChI is InChI=1S/C14H25N5/c1-14(2,15)7-8-19(3)13-9-12(16-10-17-13)18-11-5-4-6-11/h9-11H,4-8,15H2,1-3H3,(H,16,17,18). The molecule has 0 atom stereocenters. The number of nitrogens with one attached hydrogen (secondary N) is 1. The first-order chi connectivity index (χ1) is 8.94. The van der Waals surface area contributed by atoms with Gasteiger partial charge in [-0.25, -0.2) is 9.97 Å². The maximum absolute atomic E-state index is 6.01. The molecule has 0 saturated heterocycles. The van der Waals surface area contributed by atoms with Gasteiger partial charge in [0.15, 0.2) is 0 Å². The maximum Gasteiger partial charge on any atom is 0.133 e. The summed E-state index contributed by atoms with van der Waals surface area (Å²) in [6.45, 7) is 4.98. The van der Waals surface area contributed by atoms with Gasteiger partial charge in [0.2, 0.25) is 0 Å². The van der Waals surface area contributed by atoms with Crippen LogP contribution in [0.25, 0.3) is 0 Å². The highest BCUT2D eigenvalue weighted by molar-refractivity contribution is 5.48. The normalized spacial score (nSPS) is 16.0. The molecule has 0 unspecified atom stereocenters. The van der Waals surface area contributed by atoms with Gasteiger partial charge in [0.1, 0.15) is 18.0 Å². The number of hydrogen-bond acceptors (Lipinski definition) is 5. The molecule has 0 spiro atoms. The van der Waals surface area contributed by atoms with Gasteiger partial charge in [0, 0.05) is 31.2 Å². The highest BCUT2D eigenvalue weighted by Crippen LogP contribution is 2.23. The minimum absolute atomic E-state index is 0.145.